The van der Waals surface area contributed by atoms with E-state index >= 15 is 0 Å². The first-order chi connectivity index (χ1) is 10.7. The van der Waals surface area contributed by atoms with Gasteiger partial charge in [-0.3, -0.25) is 9.36 Å². The van der Waals surface area contributed by atoms with Crippen molar-refractivity contribution < 1.29 is 14.6 Å². The SMILES string of the molecule is COC(C)(C)Cn1c(-c2ccc(Cl)cc2)nn(CC(=O)O)c1=O. The molecule has 7 nitrogen and oxygen atoms in total. The highest BCUT2D eigenvalue weighted by atomic mass is 35.5. The summed E-state index contributed by atoms with van der Waals surface area (Å²) in [5, 5.41) is 13.6. The van der Waals surface area contributed by atoms with Crippen molar-refractivity contribution in [3.63, 3.8) is 0 Å². The number of aromatic nitrogens is 3. The monoisotopic (exact) mass is 339 g/mol. The molecule has 8 heteroatoms. The lowest BCUT2D eigenvalue weighted by molar-refractivity contribution is -0.137. The van der Waals surface area contributed by atoms with Gasteiger partial charge in [0.25, 0.3) is 0 Å². The minimum absolute atomic E-state index is 0.236. The third-order valence-electron chi connectivity index (χ3n) is 3.40. The number of nitrogens with zero attached hydrogens (tertiary/aromatic N) is 3. The van der Waals surface area contributed by atoms with E-state index in [0.29, 0.717) is 16.4 Å². The van der Waals surface area contributed by atoms with Gasteiger partial charge < -0.3 is 9.84 Å². The first kappa shape index (κ1) is 17.2. The Kier molecular flexibility index (Phi) is 4.91. The van der Waals surface area contributed by atoms with Crippen molar-refractivity contribution in [2.75, 3.05) is 7.11 Å². The lowest BCUT2D eigenvalue weighted by atomic mass is 10.1. The van der Waals surface area contributed by atoms with Crippen LogP contribution in [0.25, 0.3) is 11.4 Å². The highest BCUT2D eigenvalue weighted by Crippen LogP contribution is 2.21. The molecule has 2 rings (SSSR count). The molecule has 23 heavy (non-hydrogen) atoms. The Morgan fingerprint density at radius 1 is 1.35 bits per heavy atom. The quantitative estimate of drug-likeness (QED) is 0.868. The molecule has 1 heterocycles. The average molecular weight is 340 g/mol. The molecule has 0 spiro atoms. The van der Waals surface area contributed by atoms with Crippen molar-refractivity contribution >= 4 is 17.6 Å². The summed E-state index contributed by atoms with van der Waals surface area (Å²) in [4.78, 5) is 23.4. The number of benzene rings is 1. The van der Waals surface area contributed by atoms with Crippen LogP contribution in [0.15, 0.2) is 29.1 Å². The number of halogens is 1. The molecule has 0 amide bonds. The van der Waals surface area contributed by atoms with Gasteiger partial charge in [0.15, 0.2) is 5.82 Å². The van der Waals surface area contributed by atoms with Gasteiger partial charge in [0.05, 0.1) is 12.1 Å². The molecule has 124 valence electrons. The number of ether oxygens (including phenoxy) is 1. The summed E-state index contributed by atoms with van der Waals surface area (Å²) in [5.74, 6) is -0.761. The Balaban J connectivity index is 2.56. The predicted octanol–water partition coefficient (Wildman–Crippen LogP) is 1.87. The van der Waals surface area contributed by atoms with E-state index in [2.05, 4.69) is 5.10 Å². The van der Waals surface area contributed by atoms with Crippen LogP contribution in [-0.2, 0) is 22.6 Å². The number of carboxylic acids is 1. The van der Waals surface area contributed by atoms with Crippen LogP contribution < -0.4 is 5.69 Å². The van der Waals surface area contributed by atoms with Crippen LogP contribution in [0.1, 0.15) is 13.8 Å². The summed E-state index contributed by atoms with van der Waals surface area (Å²) in [6.07, 6.45) is 0. The second-order valence-corrected chi connectivity index (χ2v) is 6.15. The fourth-order valence-electron chi connectivity index (χ4n) is 2.07. The molecule has 0 aliphatic heterocycles. The fourth-order valence-corrected chi connectivity index (χ4v) is 2.20. The predicted molar refractivity (Wildman–Crippen MR) is 85.7 cm³/mol. The van der Waals surface area contributed by atoms with E-state index in [1.54, 1.807) is 31.4 Å². The van der Waals surface area contributed by atoms with Gasteiger partial charge in [-0.1, -0.05) is 11.6 Å². The topological polar surface area (TPSA) is 86.3 Å². The first-order valence-corrected chi connectivity index (χ1v) is 7.32. The molecule has 0 bridgehead atoms. The van der Waals surface area contributed by atoms with Gasteiger partial charge in [0.2, 0.25) is 0 Å². The highest BCUT2D eigenvalue weighted by Gasteiger charge is 2.24. The van der Waals surface area contributed by atoms with Crippen LogP contribution in [0, 0.1) is 0 Å². The number of rotatable bonds is 6. The number of carboxylic acid groups (broad SMARTS) is 1. The van der Waals surface area contributed by atoms with Gasteiger partial charge >= 0.3 is 11.7 Å². The third-order valence-corrected chi connectivity index (χ3v) is 3.65. The van der Waals surface area contributed by atoms with E-state index < -0.39 is 23.8 Å². The maximum absolute atomic E-state index is 12.5. The minimum atomic E-state index is -1.13. The molecule has 2 aromatic rings. The first-order valence-electron chi connectivity index (χ1n) is 6.94. The van der Waals surface area contributed by atoms with Crippen LogP contribution >= 0.6 is 11.6 Å². The molecule has 0 saturated carbocycles. The van der Waals surface area contributed by atoms with Crippen LogP contribution in [0.5, 0.6) is 0 Å². The molecular weight excluding hydrogens is 322 g/mol. The van der Waals surface area contributed by atoms with Crippen molar-refractivity contribution in [2.24, 2.45) is 0 Å². The van der Waals surface area contributed by atoms with Crippen LogP contribution in [-0.4, -0.2) is 38.1 Å². The maximum atomic E-state index is 12.5. The Morgan fingerprint density at radius 3 is 2.48 bits per heavy atom. The summed E-state index contributed by atoms with van der Waals surface area (Å²) >= 11 is 5.88. The fraction of sp³-hybridized carbons (Fsp3) is 0.400. The lowest BCUT2D eigenvalue weighted by Crippen LogP contribution is -2.36. The van der Waals surface area contributed by atoms with E-state index in [1.807, 2.05) is 13.8 Å². The van der Waals surface area contributed by atoms with Crippen molar-refractivity contribution in [2.45, 2.75) is 32.5 Å². The highest BCUT2D eigenvalue weighted by molar-refractivity contribution is 6.30. The summed E-state index contributed by atoms with van der Waals surface area (Å²) in [5.41, 5.74) is -0.438. The molecule has 1 aromatic carbocycles. The van der Waals surface area contributed by atoms with Crippen molar-refractivity contribution in [3.8, 4) is 11.4 Å². The standard InChI is InChI=1S/C15H18ClN3O4/c1-15(2,23-3)9-18-13(10-4-6-11(16)7-5-10)17-19(14(18)22)8-12(20)21/h4-7H,8-9H2,1-3H3,(H,20,21). The zero-order valence-corrected chi connectivity index (χ0v) is 13.9. The number of hydrogen-bond acceptors (Lipinski definition) is 4. The Bertz CT molecular complexity index is 762. The molecule has 0 unspecified atom stereocenters. The third kappa shape index (κ3) is 4.00. The van der Waals surface area contributed by atoms with Crippen molar-refractivity contribution in [1.82, 2.24) is 14.3 Å². The molecule has 0 radical (unpaired) electrons. The molecule has 1 aromatic heterocycles. The molecule has 0 saturated heterocycles. The smallest absolute Gasteiger partial charge is 0.346 e. The lowest BCUT2D eigenvalue weighted by Gasteiger charge is -2.23. The van der Waals surface area contributed by atoms with Gasteiger partial charge in [-0.2, -0.15) is 0 Å². The summed E-state index contributed by atoms with van der Waals surface area (Å²) in [7, 11) is 1.55. The largest absolute Gasteiger partial charge is 0.480 e. The summed E-state index contributed by atoms with van der Waals surface area (Å²) in [6, 6.07) is 6.82. The number of methoxy groups -OCH3 is 1. The molecular formula is C15H18ClN3O4. The molecule has 0 aliphatic carbocycles. The van der Waals surface area contributed by atoms with Crippen molar-refractivity contribution in [1.29, 1.82) is 0 Å². The summed E-state index contributed by atoms with van der Waals surface area (Å²) < 4.78 is 7.70. The van der Waals surface area contributed by atoms with Crippen molar-refractivity contribution in [3.05, 3.63) is 39.8 Å². The Morgan fingerprint density at radius 2 is 1.96 bits per heavy atom. The van der Waals surface area contributed by atoms with Gasteiger partial charge in [-0.15, -0.1) is 5.10 Å². The molecule has 0 atom stereocenters. The number of carbonyl (C=O) groups is 1. The van der Waals surface area contributed by atoms with Crippen LogP contribution in [0.4, 0.5) is 0 Å². The van der Waals surface area contributed by atoms with Gasteiger partial charge in [0, 0.05) is 17.7 Å². The van der Waals surface area contributed by atoms with E-state index in [1.165, 1.54) is 4.57 Å². The molecule has 1 N–H and O–H groups in total. The molecule has 0 aliphatic rings. The molecule has 0 fully saturated rings. The van der Waals surface area contributed by atoms with E-state index in [-0.39, 0.29) is 6.54 Å². The minimum Gasteiger partial charge on any atom is -0.480 e. The van der Waals surface area contributed by atoms with Gasteiger partial charge in [-0.05, 0) is 38.1 Å². The Hall–Kier alpha value is -2.12. The maximum Gasteiger partial charge on any atom is 0.346 e. The van der Waals surface area contributed by atoms with Crippen LogP contribution in [0.3, 0.4) is 0 Å². The normalized spacial score (nSPS) is 11.7. The average Bonchev–Trinajstić information content (AvgIpc) is 2.76. The number of hydrogen-bond donors (Lipinski definition) is 1. The zero-order chi connectivity index (χ0) is 17.2. The number of aliphatic carboxylic acids is 1. The summed E-state index contributed by atoms with van der Waals surface area (Å²) in [6.45, 7) is 3.40. The Labute approximate surface area is 138 Å². The van der Waals surface area contributed by atoms with E-state index in [4.69, 9.17) is 21.4 Å². The zero-order valence-electron chi connectivity index (χ0n) is 13.1. The van der Waals surface area contributed by atoms with Gasteiger partial charge in [-0.25, -0.2) is 9.48 Å². The second kappa shape index (κ2) is 6.55. The van der Waals surface area contributed by atoms with E-state index in [9.17, 15) is 9.59 Å². The second-order valence-electron chi connectivity index (χ2n) is 5.71. The van der Waals surface area contributed by atoms with Gasteiger partial charge in [0.1, 0.15) is 6.54 Å². The van der Waals surface area contributed by atoms with Crippen LogP contribution in [0.2, 0.25) is 5.02 Å². The van der Waals surface area contributed by atoms with E-state index in [0.717, 1.165) is 4.68 Å².